The fourth-order valence-corrected chi connectivity index (χ4v) is 4.59. The summed E-state index contributed by atoms with van der Waals surface area (Å²) in [4.78, 5) is 2.37. The molecule has 5 rings (SSSR count). The van der Waals surface area contributed by atoms with Crippen molar-refractivity contribution in [3.8, 4) is 17.0 Å². The van der Waals surface area contributed by atoms with Crippen LogP contribution in [-0.2, 0) is 13.5 Å². The molecule has 1 aromatic carbocycles. The molecular formula is C21H23N5O. The molecule has 0 radical (unpaired) electrons. The third-order valence-electron chi connectivity index (χ3n) is 5.92. The Morgan fingerprint density at radius 1 is 1.11 bits per heavy atom. The van der Waals surface area contributed by atoms with Crippen molar-refractivity contribution < 1.29 is 4.74 Å². The highest BCUT2D eigenvalue weighted by Gasteiger charge is 2.44. The zero-order chi connectivity index (χ0) is 18.5. The molecule has 3 aromatic rings. The van der Waals surface area contributed by atoms with E-state index >= 15 is 0 Å². The van der Waals surface area contributed by atoms with Gasteiger partial charge < -0.3 is 9.64 Å². The lowest BCUT2D eigenvalue weighted by Gasteiger charge is -2.17. The van der Waals surface area contributed by atoms with Crippen molar-refractivity contribution >= 4 is 5.82 Å². The summed E-state index contributed by atoms with van der Waals surface area (Å²) in [5.41, 5.74) is 5.94. The van der Waals surface area contributed by atoms with Crippen LogP contribution in [0, 0.1) is 12.8 Å². The highest BCUT2D eigenvalue weighted by molar-refractivity contribution is 5.68. The van der Waals surface area contributed by atoms with Gasteiger partial charge in [-0.2, -0.15) is 10.2 Å². The van der Waals surface area contributed by atoms with Gasteiger partial charge >= 0.3 is 0 Å². The number of methoxy groups -OCH3 is 1. The normalized spacial score (nSPS) is 20.6. The molecule has 1 aliphatic carbocycles. The van der Waals surface area contributed by atoms with E-state index in [1.165, 1.54) is 11.3 Å². The third kappa shape index (κ3) is 2.59. The lowest BCUT2D eigenvalue weighted by Crippen LogP contribution is -2.22. The van der Waals surface area contributed by atoms with E-state index in [1.807, 2.05) is 25.1 Å². The number of hydrogen-bond acceptors (Lipinski definition) is 5. The molecule has 3 heterocycles. The van der Waals surface area contributed by atoms with E-state index < -0.39 is 0 Å². The number of aryl methyl sites for hydroxylation is 2. The van der Waals surface area contributed by atoms with Crippen LogP contribution in [0.5, 0.6) is 5.75 Å². The molecule has 1 aliphatic heterocycles. The molecule has 1 fully saturated rings. The van der Waals surface area contributed by atoms with Gasteiger partial charge in [-0.15, -0.1) is 5.10 Å². The third-order valence-corrected chi connectivity index (χ3v) is 5.92. The SMILES string of the molecule is COc1cccc(-c2nn(C)c3c2[C@@H]2CN(c4ccc(C)nn4)C[C@@H]2C3)c1. The Kier molecular flexibility index (Phi) is 3.67. The quantitative estimate of drug-likeness (QED) is 0.718. The van der Waals surface area contributed by atoms with Crippen LogP contribution in [-0.4, -0.2) is 40.2 Å². The van der Waals surface area contributed by atoms with Gasteiger partial charge in [0.15, 0.2) is 5.82 Å². The molecule has 0 saturated carbocycles. The van der Waals surface area contributed by atoms with Crippen molar-refractivity contribution in [2.45, 2.75) is 19.3 Å². The van der Waals surface area contributed by atoms with Crippen LogP contribution < -0.4 is 9.64 Å². The zero-order valence-electron chi connectivity index (χ0n) is 15.9. The van der Waals surface area contributed by atoms with Gasteiger partial charge in [-0.3, -0.25) is 4.68 Å². The van der Waals surface area contributed by atoms with Gasteiger partial charge in [0.1, 0.15) is 5.75 Å². The summed E-state index contributed by atoms with van der Waals surface area (Å²) in [7, 11) is 3.77. The lowest BCUT2D eigenvalue weighted by atomic mass is 9.94. The van der Waals surface area contributed by atoms with E-state index in [0.717, 1.165) is 48.0 Å². The lowest BCUT2D eigenvalue weighted by molar-refractivity contribution is 0.415. The number of rotatable bonds is 3. The highest BCUT2D eigenvalue weighted by Crippen LogP contribution is 2.47. The van der Waals surface area contributed by atoms with Crippen LogP contribution in [0.4, 0.5) is 5.82 Å². The molecule has 0 N–H and O–H groups in total. The topological polar surface area (TPSA) is 56.1 Å². The van der Waals surface area contributed by atoms with E-state index in [2.05, 4.69) is 45.0 Å². The Morgan fingerprint density at radius 3 is 2.78 bits per heavy atom. The number of fused-ring (bicyclic) bond motifs is 3. The maximum Gasteiger partial charge on any atom is 0.151 e. The van der Waals surface area contributed by atoms with E-state index in [9.17, 15) is 0 Å². The monoisotopic (exact) mass is 361 g/mol. The van der Waals surface area contributed by atoms with Crippen molar-refractivity contribution in [2.75, 3.05) is 25.1 Å². The average molecular weight is 361 g/mol. The molecule has 2 aromatic heterocycles. The summed E-state index contributed by atoms with van der Waals surface area (Å²) in [6.45, 7) is 3.96. The van der Waals surface area contributed by atoms with E-state index in [-0.39, 0.29) is 0 Å². The number of anilines is 1. The van der Waals surface area contributed by atoms with Crippen LogP contribution in [0.1, 0.15) is 22.9 Å². The zero-order valence-corrected chi connectivity index (χ0v) is 15.9. The number of benzene rings is 1. The summed E-state index contributed by atoms with van der Waals surface area (Å²) in [6.07, 6.45) is 1.07. The molecule has 6 heteroatoms. The van der Waals surface area contributed by atoms with Crippen molar-refractivity contribution in [3.05, 3.63) is 53.3 Å². The molecule has 0 spiro atoms. The molecule has 2 aliphatic rings. The second-order valence-electron chi connectivity index (χ2n) is 7.57. The van der Waals surface area contributed by atoms with Gasteiger partial charge in [0.25, 0.3) is 0 Å². The first-order valence-corrected chi connectivity index (χ1v) is 9.39. The van der Waals surface area contributed by atoms with Crippen LogP contribution in [0.15, 0.2) is 36.4 Å². The Labute approximate surface area is 158 Å². The predicted molar refractivity (Wildman–Crippen MR) is 104 cm³/mol. The second-order valence-corrected chi connectivity index (χ2v) is 7.57. The minimum atomic E-state index is 0.484. The molecule has 0 bridgehead atoms. The summed E-state index contributed by atoms with van der Waals surface area (Å²) in [5.74, 6) is 2.93. The number of ether oxygens (including phenoxy) is 1. The molecule has 1 saturated heterocycles. The van der Waals surface area contributed by atoms with Gasteiger partial charge in [0, 0.05) is 42.9 Å². The van der Waals surface area contributed by atoms with Crippen LogP contribution in [0.2, 0.25) is 0 Å². The van der Waals surface area contributed by atoms with Crippen LogP contribution in [0.25, 0.3) is 11.3 Å². The van der Waals surface area contributed by atoms with Gasteiger partial charge in [-0.1, -0.05) is 12.1 Å². The maximum atomic E-state index is 5.42. The van der Waals surface area contributed by atoms with E-state index in [4.69, 9.17) is 9.84 Å². The molecule has 27 heavy (non-hydrogen) atoms. The molecule has 2 atom stereocenters. The van der Waals surface area contributed by atoms with Crippen molar-refractivity contribution in [2.24, 2.45) is 13.0 Å². The van der Waals surface area contributed by atoms with Gasteiger partial charge in [-0.25, -0.2) is 0 Å². The Morgan fingerprint density at radius 2 is 2.00 bits per heavy atom. The number of hydrogen-bond donors (Lipinski definition) is 0. The van der Waals surface area contributed by atoms with E-state index in [1.54, 1.807) is 7.11 Å². The van der Waals surface area contributed by atoms with Crippen LogP contribution >= 0.6 is 0 Å². The minimum absolute atomic E-state index is 0.484. The summed E-state index contributed by atoms with van der Waals surface area (Å²) >= 11 is 0. The minimum Gasteiger partial charge on any atom is -0.497 e. The van der Waals surface area contributed by atoms with Gasteiger partial charge in [0.05, 0.1) is 18.5 Å². The molecule has 0 unspecified atom stereocenters. The molecular weight excluding hydrogens is 338 g/mol. The van der Waals surface area contributed by atoms with Gasteiger partial charge in [-0.05, 0) is 43.5 Å². The Hall–Kier alpha value is -2.89. The largest absolute Gasteiger partial charge is 0.497 e. The second kappa shape index (κ2) is 6.08. The first-order chi connectivity index (χ1) is 13.1. The van der Waals surface area contributed by atoms with Crippen molar-refractivity contribution in [1.82, 2.24) is 20.0 Å². The number of nitrogens with zero attached hydrogens (tertiary/aromatic N) is 5. The average Bonchev–Trinajstić information content (AvgIpc) is 3.33. The molecule has 6 nitrogen and oxygen atoms in total. The maximum absolute atomic E-state index is 5.42. The first-order valence-electron chi connectivity index (χ1n) is 9.39. The Bertz CT molecular complexity index is 994. The Balaban J connectivity index is 1.51. The van der Waals surface area contributed by atoms with E-state index in [0.29, 0.717) is 11.8 Å². The summed E-state index contributed by atoms with van der Waals surface area (Å²) < 4.78 is 7.48. The molecule has 138 valence electrons. The van der Waals surface area contributed by atoms with Crippen LogP contribution in [0.3, 0.4) is 0 Å². The molecule has 0 amide bonds. The highest BCUT2D eigenvalue weighted by atomic mass is 16.5. The summed E-state index contributed by atoms with van der Waals surface area (Å²) in [6, 6.07) is 12.3. The number of aromatic nitrogens is 4. The fourth-order valence-electron chi connectivity index (χ4n) is 4.59. The van der Waals surface area contributed by atoms with Gasteiger partial charge in [0.2, 0.25) is 0 Å². The summed E-state index contributed by atoms with van der Waals surface area (Å²) in [5, 5.41) is 13.5. The fraction of sp³-hybridized carbons (Fsp3) is 0.381. The predicted octanol–water partition coefficient (Wildman–Crippen LogP) is 2.97. The standard InChI is InChI=1S/C21H23N5O/c1-13-7-8-19(23-22-13)26-11-15-10-18-20(17(15)12-26)21(24-25(18)2)14-5-4-6-16(9-14)27-3/h4-9,15,17H,10-12H2,1-3H3/t15-,17+/m0/s1. The smallest absolute Gasteiger partial charge is 0.151 e. The van der Waals surface area contributed by atoms with Crippen molar-refractivity contribution in [3.63, 3.8) is 0 Å². The van der Waals surface area contributed by atoms with Crippen molar-refractivity contribution in [1.29, 1.82) is 0 Å². The first kappa shape index (κ1) is 16.3.